The van der Waals surface area contributed by atoms with E-state index in [0.29, 0.717) is 0 Å². The van der Waals surface area contributed by atoms with Crippen LogP contribution in [0, 0.1) is 29.9 Å². The quantitative estimate of drug-likeness (QED) is 0.606. The van der Waals surface area contributed by atoms with Crippen LogP contribution in [0.5, 0.6) is 0 Å². The lowest BCUT2D eigenvalue weighted by atomic mass is 10.1. The first kappa shape index (κ1) is 12.9. The molecule has 0 unspecified atom stereocenters. The van der Waals surface area contributed by atoms with Crippen LogP contribution >= 0.6 is 11.6 Å². The Morgan fingerprint density at radius 3 is 2.29 bits per heavy atom. The molecule has 4 heteroatoms. The van der Waals surface area contributed by atoms with Crippen LogP contribution < -0.4 is 0 Å². The number of rotatable bonds is 0. The highest BCUT2D eigenvalue weighted by Gasteiger charge is 2.13. The summed E-state index contributed by atoms with van der Waals surface area (Å²) in [5.74, 6) is -1.53. The van der Waals surface area contributed by atoms with Crippen molar-refractivity contribution >= 4 is 11.6 Å². The normalized spacial score (nSPS) is 8.64. The van der Waals surface area contributed by atoms with Crippen LogP contribution in [0.1, 0.15) is 25.0 Å². The molecule has 0 amide bonds. The molecule has 0 fully saturated rings. The van der Waals surface area contributed by atoms with E-state index in [4.69, 9.17) is 16.9 Å². The van der Waals surface area contributed by atoms with Gasteiger partial charge in [0.2, 0.25) is 0 Å². The Kier molecular flexibility index (Phi) is 5.11. The molecule has 0 aliphatic heterocycles. The van der Waals surface area contributed by atoms with E-state index in [1.807, 2.05) is 13.8 Å². The Morgan fingerprint density at radius 2 is 1.86 bits per heavy atom. The van der Waals surface area contributed by atoms with Gasteiger partial charge in [-0.15, -0.1) is 0 Å². The minimum atomic E-state index is -0.790. The fraction of sp³-hybridized carbons (Fsp3) is 0.300. The van der Waals surface area contributed by atoms with Crippen molar-refractivity contribution in [3.05, 3.63) is 33.9 Å². The third-order valence-electron chi connectivity index (χ3n) is 1.52. The number of halogens is 3. The molecule has 0 aliphatic rings. The van der Waals surface area contributed by atoms with Crippen molar-refractivity contribution in [3.8, 4) is 6.07 Å². The monoisotopic (exact) mass is 217 g/mol. The first-order valence-electron chi connectivity index (χ1n) is 4.12. The van der Waals surface area contributed by atoms with Crippen LogP contribution in [0.3, 0.4) is 0 Å². The lowest BCUT2D eigenvalue weighted by molar-refractivity contribution is 0.589. The van der Waals surface area contributed by atoms with Gasteiger partial charge in [-0.1, -0.05) is 25.4 Å². The zero-order chi connectivity index (χ0) is 11.3. The summed E-state index contributed by atoms with van der Waals surface area (Å²) in [5.41, 5.74) is -0.348. The van der Waals surface area contributed by atoms with Crippen LogP contribution in [0.4, 0.5) is 8.78 Å². The summed E-state index contributed by atoms with van der Waals surface area (Å²) < 4.78 is 25.7. The van der Waals surface area contributed by atoms with E-state index in [0.717, 1.165) is 6.07 Å². The van der Waals surface area contributed by atoms with Crippen molar-refractivity contribution in [2.75, 3.05) is 0 Å². The summed E-state index contributed by atoms with van der Waals surface area (Å²) in [5, 5.41) is 8.11. The van der Waals surface area contributed by atoms with Gasteiger partial charge >= 0.3 is 0 Å². The second-order valence-corrected chi connectivity index (χ2v) is 2.67. The molecule has 0 saturated carbocycles. The lowest BCUT2D eigenvalue weighted by Crippen LogP contribution is -1.94. The Balaban J connectivity index is 0.000000791. The van der Waals surface area contributed by atoms with Crippen molar-refractivity contribution in [1.82, 2.24) is 0 Å². The Hall–Kier alpha value is -1.14. The van der Waals surface area contributed by atoms with Crippen molar-refractivity contribution in [2.24, 2.45) is 0 Å². The number of nitriles is 1. The molecule has 0 bridgehead atoms. The van der Waals surface area contributed by atoms with Crippen molar-refractivity contribution in [3.63, 3.8) is 0 Å². The maximum atomic E-state index is 12.9. The Morgan fingerprint density at radius 1 is 1.36 bits per heavy atom. The SMILES string of the molecule is CC.Cc1c(F)c(Cl)cc(F)c1C#N. The summed E-state index contributed by atoms with van der Waals surface area (Å²) in [4.78, 5) is 0. The fourth-order valence-corrected chi connectivity index (χ4v) is 1.09. The van der Waals surface area contributed by atoms with E-state index >= 15 is 0 Å². The number of benzene rings is 1. The maximum absolute atomic E-state index is 12.9. The predicted octanol–water partition coefficient (Wildman–Crippen LogP) is 3.82. The third kappa shape index (κ3) is 2.43. The first-order chi connectivity index (χ1) is 6.57. The van der Waals surface area contributed by atoms with Crippen molar-refractivity contribution < 1.29 is 8.78 Å². The molecule has 0 aliphatic carbocycles. The molecule has 1 aromatic rings. The summed E-state index contributed by atoms with van der Waals surface area (Å²) >= 11 is 5.32. The van der Waals surface area contributed by atoms with Gasteiger partial charge in [0.1, 0.15) is 17.7 Å². The van der Waals surface area contributed by atoms with Gasteiger partial charge in [0.25, 0.3) is 0 Å². The average molecular weight is 218 g/mol. The average Bonchev–Trinajstić information content (AvgIpc) is 2.18. The minimum absolute atomic E-state index is 0.0532. The largest absolute Gasteiger partial charge is 0.205 e. The highest BCUT2D eigenvalue weighted by atomic mass is 35.5. The molecule has 0 atom stereocenters. The zero-order valence-electron chi connectivity index (χ0n) is 8.16. The van der Waals surface area contributed by atoms with E-state index in [9.17, 15) is 8.78 Å². The summed E-state index contributed by atoms with van der Waals surface area (Å²) in [7, 11) is 0. The second kappa shape index (κ2) is 5.56. The third-order valence-corrected chi connectivity index (χ3v) is 1.79. The summed E-state index contributed by atoms with van der Waals surface area (Å²) in [6, 6.07) is 2.35. The highest BCUT2D eigenvalue weighted by molar-refractivity contribution is 6.30. The predicted molar refractivity (Wildman–Crippen MR) is 52.2 cm³/mol. The van der Waals surface area contributed by atoms with E-state index in [1.54, 1.807) is 6.07 Å². The van der Waals surface area contributed by atoms with Crippen LogP contribution in [-0.2, 0) is 0 Å². The molecule has 14 heavy (non-hydrogen) atoms. The van der Waals surface area contributed by atoms with Gasteiger partial charge in [-0.2, -0.15) is 5.26 Å². The van der Waals surface area contributed by atoms with Gasteiger partial charge in [-0.05, 0) is 13.0 Å². The van der Waals surface area contributed by atoms with Gasteiger partial charge in [0, 0.05) is 5.56 Å². The smallest absolute Gasteiger partial charge is 0.146 e. The Bertz CT molecular complexity index is 369. The van der Waals surface area contributed by atoms with Gasteiger partial charge in [-0.3, -0.25) is 0 Å². The fourth-order valence-electron chi connectivity index (χ4n) is 0.852. The standard InChI is InChI=1S/C8H4ClF2N.C2H6/c1-4-5(3-12)7(10)2-6(9)8(4)11;1-2/h2H,1H3;1-2H3. The van der Waals surface area contributed by atoms with E-state index in [1.165, 1.54) is 6.92 Å². The van der Waals surface area contributed by atoms with E-state index in [-0.39, 0.29) is 16.1 Å². The van der Waals surface area contributed by atoms with Crippen LogP contribution in [0.2, 0.25) is 5.02 Å². The second-order valence-electron chi connectivity index (χ2n) is 2.27. The Labute approximate surface area is 86.9 Å². The minimum Gasteiger partial charge on any atom is -0.205 e. The molecule has 1 nitrogen and oxygen atoms in total. The molecule has 1 rings (SSSR count). The molecule has 0 saturated heterocycles. The molecule has 0 spiro atoms. The molecule has 0 aromatic heterocycles. The summed E-state index contributed by atoms with van der Waals surface area (Å²) in [6.45, 7) is 5.31. The maximum Gasteiger partial charge on any atom is 0.146 e. The molecular formula is C10H10ClF2N. The van der Waals surface area contributed by atoms with E-state index in [2.05, 4.69) is 0 Å². The van der Waals surface area contributed by atoms with Crippen LogP contribution in [0.15, 0.2) is 6.07 Å². The summed E-state index contributed by atoms with van der Waals surface area (Å²) in [6.07, 6.45) is 0. The van der Waals surface area contributed by atoms with Crippen LogP contribution in [-0.4, -0.2) is 0 Å². The molecule has 1 aromatic carbocycles. The molecule has 0 heterocycles. The zero-order valence-corrected chi connectivity index (χ0v) is 8.91. The molecule has 0 N–H and O–H groups in total. The van der Waals surface area contributed by atoms with Gasteiger partial charge in [0.05, 0.1) is 10.6 Å². The number of hydrogen-bond donors (Lipinski definition) is 0. The molecule has 76 valence electrons. The van der Waals surface area contributed by atoms with Crippen molar-refractivity contribution in [2.45, 2.75) is 20.8 Å². The van der Waals surface area contributed by atoms with Crippen molar-refractivity contribution in [1.29, 1.82) is 5.26 Å². The molecule has 0 radical (unpaired) electrons. The molecular weight excluding hydrogens is 208 g/mol. The van der Waals surface area contributed by atoms with Crippen LogP contribution in [0.25, 0.3) is 0 Å². The number of nitrogens with zero attached hydrogens (tertiary/aromatic N) is 1. The topological polar surface area (TPSA) is 23.8 Å². The first-order valence-corrected chi connectivity index (χ1v) is 4.50. The lowest BCUT2D eigenvalue weighted by Gasteiger charge is -2.01. The number of hydrogen-bond acceptors (Lipinski definition) is 1. The highest BCUT2D eigenvalue weighted by Crippen LogP contribution is 2.23. The van der Waals surface area contributed by atoms with Gasteiger partial charge < -0.3 is 0 Å². The van der Waals surface area contributed by atoms with Gasteiger partial charge in [0.15, 0.2) is 0 Å². The van der Waals surface area contributed by atoms with E-state index < -0.39 is 11.6 Å². The van der Waals surface area contributed by atoms with Gasteiger partial charge in [-0.25, -0.2) is 8.78 Å².